The number of aliphatic imine (C=N–C) groups is 1. The molecule has 0 bridgehead atoms. The zero-order valence-corrected chi connectivity index (χ0v) is 23.7. The molecule has 9 heteroatoms. The first kappa shape index (κ1) is 29.8. The second-order valence-electron chi connectivity index (χ2n) is 10.9. The van der Waals surface area contributed by atoms with Gasteiger partial charge in [0.25, 0.3) is 11.8 Å². The molecule has 2 amide bonds. The number of rotatable bonds is 9. The highest BCUT2D eigenvalue weighted by atomic mass is 19.4. The summed E-state index contributed by atoms with van der Waals surface area (Å²) in [4.78, 5) is 34.6. The maximum absolute atomic E-state index is 14.0. The Labute approximate surface area is 238 Å². The summed E-state index contributed by atoms with van der Waals surface area (Å²) in [5.74, 6) is -0.817. The quantitative estimate of drug-likeness (QED) is 0.321. The SMILES string of the molecule is CC(C)CC[C@]1(c2ccccc2)N=C(N)N(Cc2ccc(C(F)(F)F)c(C(=O)N(C)C(C)c3ccccc3)c2)C1=O. The first-order chi connectivity index (χ1) is 19.3. The summed E-state index contributed by atoms with van der Waals surface area (Å²) in [7, 11) is 1.48. The van der Waals surface area contributed by atoms with Gasteiger partial charge in [-0.3, -0.25) is 14.5 Å². The number of hydrogen-bond acceptors (Lipinski definition) is 4. The number of halogens is 3. The second-order valence-corrected chi connectivity index (χ2v) is 10.9. The average Bonchev–Trinajstić information content (AvgIpc) is 3.20. The Bertz CT molecular complexity index is 1420. The van der Waals surface area contributed by atoms with E-state index in [1.165, 1.54) is 29.0 Å². The number of nitrogens with zero attached hydrogens (tertiary/aromatic N) is 3. The molecule has 0 aromatic heterocycles. The summed E-state index contributed by atoms with van der Waals surface area (Å²) in [6.45, 7) is 5.74. The van der Waals surface area contributed by atoms with Gasteiger partial charge < -0.3 is 10.6 Å². The molecule has 1 aliphatic heterocycles. The fourth-order valence-electron chi connectivity index (χ4n) is 5.11. The van der Waals surface area contributed by atoms with Gasteiger partial charge in [0.05, 0.1) is 23.7 Å². The van der Waals surface area contributed by atoms with E-state index in [2.05, 4.69) is 18.8 Å². The van der Waals surface area contributed by atoms with Crippen molar-refractivity contribution in [2.24, 2.45) is 16.6 Å². The van der Waals surface area contributed by atoms with E-state index < -0.39 is 34.8 Å². The lowest BCUT2D eigenvalue weighted by Gasteiger charge is -2.28. The molecule has 0 spiro atoms. The Morgan fingerprint density at radius 2 is 1.61 bits per heavy atom. The third-order valence-corrected chi connectivity index (χ3v) is 7.66. The van der Waals surface area contributed by atoms with E-state index in [9.17, 15) is 22.8 Å². The van der Waals surface area contributed by atoms with E-state index in [4.69, 9.17) is 5.73 Å². The van der Waals surface area contributed by atoms with Gasteiger partial charge >= 0.3 is 6.18 Å². The number of nitrogens with two attached hydrogens (primary N) is 1. The number of hydrogen-bond donors (Lipinski definition) is 1. The van der Waals surface area contributed by atoms with Crippen LogP contribution >= 0.6 is 0 Å². The lowest BCUT2D eigenvalue weighted by Crippen LogP contribution is -2.42. The Balaban J connectivity index is 1.68. The lowest BCUT2D eigenvalue weighted by molar-refractivity contribution is -0.138. The second kappa shape index (κ2) is 11.8. The summed E-state index contributed by atoms with van der Waals surface area (Å²) >= 11 is 0. The van der Waals surface area contributed by atoms with Crippen LogP contribution in [0, 0.1) is 5.92 Å². The molecule has 41 heavy (non-hydrogen) atoms. The van der Waals surface area contributed by atoms with Crippen molar-refractivity contribution in [1.29, 1.82) is 0 Å². The molecule has 3 aromatic rings. The third kappa shape index (κ3) is 6.14. The van der Waals surface area contributed by atoms with E-state index in [1.807, 2.05) is 60.7 Å². The normalized spacial score (nSPS) is 18.0. The molecule has 1 heterocycles. The van der Waals surface area contributed by atoms with Crippen molar-refractivity contribution >= 4 is 17.8 Å². The molecule has 0 saturated carbocycles. The number of benzene rings is 3. The van der Waals surface area contributed by atoms with Crippen molar-refractivity contribution in [3.05, 3.63) is 107 Å². The van der Waals surface area contributed by atoms with Gasteiger partial charge in [-0.15, -0.1) is 0 Å². The minimum Gasteiger partial charge on any atom is -0.369 e. The van der Waals surface area contributed by atoms with Crippen molar-refractivity contribution in [1.82, 2.24) is 9.80 Å². The van der Waals surface area contributed by atoms with Gasteiger partial charge in [-0.05, 0) is 54.5 Å². The fourth-order valence-corrected chi connectivity index (χ4v) is 5.11. The van der Waals surface area contributed by atoms with Crippen LogP contribution in [0.15, 0.2) is 83.9 Å². The van der Waals surface area contributed by atoms with Gasteiger partial charge in [0.1, 0.15) is 0 Å². The Morgan fingerprint density at radius 3 is 2.20 bits per heavy atom. The Hall–Kier alpha value is -4.14. The topological polar surface area (TPSA) is 79.0 Å². The summed E-state index contributed by atoms with van der Waals surface area (Å²) in [5, 5.41) is 0. The molecule has 3 aromatic carbocycles. The third-order valence-electron chi connectivity index (χ3n) is 7.66. The van der Waals surface area contributed by atoms with Crippen LogP contribution in [0.25, 0.3) is 0 Å². The minimum atomic E-state index is -4.75. The van der Waals surface area contributed by atoms with E-state index in [1.54, 1.807) is 6.92 Å². The highest BCUT2D eigenvalue weighted by Crippen LogP contribution is 2.39. The average molecular weight is 565 g/mol. The molecule has 0 fully saturated rings. The predicted octanol–water partition coefficient (Wildman–Crippen LogP) is 6.53. The maximum Gasteiger partial charge on any atom is 0.417 e. The van der Waals surface area contributed by atoms with Crippen LogP contribution in [-0.4, -0.2) is 34.6 Å². The van der Waals surface area contributed by atoms with E-state index >= 15 is 0 Å². The number of alkyl halides is 3. The van der Waals surface area contributed by atoms with Crippen molar-refractivity contribution < 1.29 is 22.8 Å². The molecule has 2 atom stereocenters. The summed E-state index contributed by atoms with van der Waals surface area (Å²) in [6.07, 6.45) is -3.59. The standard InChI is InChI=1S/C32H35F3N4O2/c1-21(2)17-18-31(25-13-9-6-10-14-25)29(41)39(30(36)37-31)20-23-15-16-27(32(33,34)35)26(19-23)28(40)38(4)22(3)24-11-7-5-8-12-24/h5-16,19,21-22H,17-18,20H2,1-4H3,(H2,36,37)/t22?,31-/m1/s1. The van der Waals surface area contributed by atoms with Gasteiger partial charge in [-0.1, -0.05) is 80.6 Å². The fraction of sp³-hybridized carbons (Fsp3) is 0.344. The minimum absolute atomic E-state index is 0.00907. The number of carbonyl (C=O) groups is 2. The van der Waals surface area contributed by atoms with Gasteiger partial charge in [-0.2, -0.15) is 13.2 Å². The smallest absolute Gasteiger partial charge is 0.369 e. The lowest BCUT2D eigenvalue weighted by atomic mass is 9.83. The Morgan fingerprint density at radius 1 is 1.00 bits per heavy atom. The van der Waals surface area contributed by atoms with Crippen LogP contribution in [0.3, 0.4) is 0 Å². The highest BCUT2D eigenvalue weighted by molar-refractivity contribution is 6.07. The number of guanidine groups is 1. The molecular weight excluding hydrogens is 529 g/mol. The van der Waals surface area contributed by atoms with Gasteiger partial charge in [-0.25, -0.2) is 4.99 Å². The number of amides is 2. The molecular formula is C32H35F3N4O2. The van der Waals surface area contributed by atoms with E-state index in [-0.39, 0.29) is 18.4 Å². The predicted molar refractivity (Wildman–Crippen MR) is 153 cm³/mol. The molecule has 0 saturated heterocycles. The van der Waals surface area contributed by atoms with Crippen LogP contribution < -0.4 is 5.73 Å². The van der Waals surface area contributed by atoms with Crippen LogP contribution in [0.2, 0.25) is 0 Å². The van der Waals surface area contributed by atoms with Crippen LogP contribution in [0.1, 0.15) is 72.3 Å². The molecule has 1 unspecified atom stereocenters. The first-order valence-electron chi connectivity index (χ1n) is 13.6. The van der Waals surface area contributed by atoms with Crippen LogP contribution in [-0.2, 0) is 23.1 Å². The van der Waals surface area contributed by atoms with Gasteiger partial charge in [0.15, 0.2) is 11.5 Å². The molecule has 1 aliphatic rings. The summed E-state index contributed by atoms with van der Waals surface area (Å²) in [5.41, 5.74) is 5.37. The molecule has 4 rings (SSSR count). The Kier molecular flexibility index (Phi) is 8.56. The molecule has 0 radical (unpaired) electrons. The summed E-state index contributed by atoms with van der Waals surface area (Å²) in [6, 6.07) is 21.1. The zero-order chi connectivity index (χ0) is 29.9. The summed E-state index contributed by atoms with van der Waals surface area (Å²) < 4.78 is 42.1. The van der Waals surface area contributed by atoms with Crippen molar-refractivity contribution in [2.45, 2.75) is 57.9 Å². The number of carbonyl (C=O) groups excluding carboxylic acids is 2. The molecule has 6 nitrogen and oxygen atoms in total. The van der Waals surface area contributed by atoms with E-state index in [0.717, 1.165) is 18.1 Å². The molecule has 0 aliphatic carbocycles. The first-order valence-corrected chi connectivity index (χ1v) is 13.6. The largest absolute Gasteiger partial charge is 0.417 e. The van der Waals surface area contributed by atoms with Crippen molar-refractivity contribution in [3.8, 4) is 0 Å². The van der Waals surface area contributed by atoms with E-state index in [0.29, 0.717) is 23.5 Å². The van der Waals surface area contributed by atoms with Gasteiger partial charge in [0, 0.05) is 7.05 Å². The maximum atomic E-state index is 14.0. The van der Waals surface area contributed by atoms with Crippen LogP contribution in [0.5, 0.6) is 0 Å². The molecule has 2 N–H and O–H groups in total. The monoisotopic (exact) mass is 564 g/mol. The van der Waals surface area contributed by atoms with Crippen molar-refractivity contribution in [2.75, 3.05) is 7.05 Å². The molecule has 216 valence electrons. The highest BCUT2D eigenvalue weighted by Gasteiger charge is 2.49. The zero-order valence-electron chi connectivity index (χ0n) is 23.7. The van der Waals surface area contributed by atoms with Gasteiger partial charge in [0.2, 0.25) is 0 Å². The van der Waals surface area contributed by atoms with Crippen LogP contribution in [0.4, 0.5) is 13.2 Å². The van der Waals surface area contributed by atoms with Crippen molar-refractivity contribution in [3.63, 3.8) is 0 Å².